The van der Waals surface area contributed by atoms with Crippen LogP contribution in [0.3, 0.4) is 0 Å². The van der Waals surface area contributed by atoms with Gasteiger partial charge in [0.25, 0.3) is 5.91 Å². The number of nitrogens with one attached hydrogen (secondary N) is 1. The van der Waals surface area contributed by atoms with Crippen LogP contribution in [0.25, 0.3) is 0 Å². The summed E-state index contributed by atoms with van der Waals surface area (Å²) in [6, 6.07) is -0.238. The summed E-state index contributed by atoms with van der Waals surface area (Å²) in [5.74, 6) is 0.376. The molecule has 1 aliphatic heterocycles. The maximum atomic E-state index is 12.3. The molecule has 2 aliphatic rings. The van der Waals surface area contributed by atoms with E-state index in [1.165, 1.54) is 0 Å². The van der Waals surface area contributed by atoms with Crippen molar-refractivity contribution in [3.63, 3.8) is 0 Å². The Kier molecular flexibility index (Phi) is 3.47. The third-order valence-electron chi connectivity index (χ3n) is 4.76. The fraction of sp³-hybridized carbons (Fsp3) is 0.667. The minimum absolute atomic E-state index is 0.106. The zero-order chi connectivity index (χ0) is 15.0. The van der Waals surface area contributed by atoms with Gasteiger partial charge in [0, 0.05) is 19.8 Å². The molecule has 1 saturated carbocycles. The van der Waals surface area contributed by atoms with Crippen molar-refractivity contribution < 1.29 is 9.59 Å². The van der Waals surface area contributed by atoms with Crippen LogP contribution in [-0.4, -0.2) is 38.7 Å². The van der Waals surface area contributed by atoms with Crippen LogP contribution >= 0.6 is 0 Å². The third-order valence-corrected chi connectivity index (χ3v) is 4.76. The second kappa shape index (κ2) is 5.16. The fourth-order valence-electron chi connectivity index (χ4n) is 3.73. The monoisotopic (exact) mass is 290 g/mol. The van der Waals surface area contributed by atoms with Crippen molar-refractivity contribution in [1.29, 1.82) is 0 Å². The third kappa shape index (κ3) is 2.43. The highest BCUT2D eigenvalue weighted by molar-refractivity contribution is 6.07. The Hall–Kier alpha value is -1.85. The summed E-state index contributed by atoms with van der Waals surface area (Å²) in [7, 11) is 1.87. The molecule has 1 saturated heterocycles. The molecule has 0 bridgehead atoms. The van der Waals surface area contributed by atoms with Crippen LogP contribution in [0.2, 0.25) is 0 Å². The summed E-state index contributed by atoms with van der Waals surface area (Å²) < 4.78 is 1.75. The highest BCUT2D eigenvalue weighted by Gasteiger charge is 2.53. The molecule has 114 valence electrons. The molecular weight excluding hydrogens is 268 g/mol. The van der Waals surface area contributed by atoms with Crippen molar-refractivity contribution in [3.05, 3.63) is 18.0 Å². The molecule has 2 heterocycles. The molecule has 2 fully saturated rings. The van der Waals surface area contributed by atoms with E-state index < -0.39 is 5.54 Å². The Labute approximate surface area is 124 Å². The summed E-state index contributed by atoms with van der Waals surface area (Å²) >= 11 is 0. The van der Waals surface area contributed by atoms with E-state index in [1.54, 1.807) is 9.58 Å². The number of amides is 3. The highest BCUT2D eigenvalue weighted by atomic mass is 16.2. The number of carbonyl (C=O) groups excluding carboxylic acids is 2. The van der Waals surface area contributed by atoms with Crippen LogP contribution in [0.4, 0.5) is 4.79 Å². The van der Waals surface area contributed by atoms with E-state index in [9.17, 15) is 9.59 Å². The Morgan fingerprint density at radius 3 is 2.95 bits per heavy atom. The first-order valence-corrected chi connectivity index (χ1v) is 7.62. The van der Waals surface area contributed by atoms with Gasteiger partial charge in [-0.2, -0.15) is 5.10 Å². The summed E-state index contributed by atoms with van der Waals surface area (Å²) in [6.45, 7) is 2.73. The lowest BCUT2D eigenvalue weighted by atomic mass is 9.75. The normalized spacial score (nSPS) is 29.2. The number of aromatic nitrogens is 2. The van der Waals surface area contributed by atoms with Gasteiger partial charge >= 0.3 is 6.03 Å². The van der Waals surface area contributed by atoms with E-state index in [0.29, 0.717) is 12.5 Å². The molecule has 0 radical (unpaired) electrons. The van der Waals surface area contributed by atoms with Crippen molar-refractivity contribution >= 4 is 11.9 Å². The van der Waals surface area contributed by atoms with Crippen LogP contribution in [0.1, 0.15) is 38.2 Å². The zero-order valence-electron chi connectivity index (χ0n) is 12.6. The first kappa shape index (κ1) is 14.1. The molecule has 3 rings (SSSR count). The number of carbonyl (C=O) groups is 2. The predicted octanol–water partition coefficient (Wildman–Crippen LogP) is 1.46. The largest absolute Gasteiger partial charge is 0.325 e. The van der Waals surface area contributed by atoms with E-state index in [1.807, 2.05) is 19.4 Å². The van der Waals surface area contributed by atoms with Crippen molar-refractivity contribution in [2.45, 2.75) is 44.6 Å². The van der Waals surface area contributed by atoms with Gasteiger partial charge in [0.05, 0.1) is 6.20 Å². The quantitative estimate of drug-likeness (QED) is 0.857. The second-order valence-electron chi connectivity index (χ2n) is 6.42. The number of aryl methyl sites for hydroxylation is 1. The Bertz CT molecular complexity index is 568. The van der Waals surface area contributed by atoms with Gasteiger partial charge < -0.3 is 4.90 Å². The van der Waals surface area contributed by atoms with Crippen molar-refractivity contribution in [2.24, 2.45) is 13.0 Å². The van der Waals surface area contributed by atoms with Crippen molar-refractivity contribution in [3.8, 4) is 0 Å². The van der Waals surface area contributed by atoms with Gasteiger partial charge in [0.2, 0.25) is 0 Å². The molecule has 1 aliphatic carbocycles. The number of rotatable bonds is 3. The fourth-order valence-corrected chi connectivity index (χ4v) is 3.73. The minimum Gasteiger partial charge on any atom is -0.309 e. The molecular formula is C15H22N4O2. The van der Waals surface area contributed by atoms with E-state index in [4.69, 9.17) is 0 Å². The van der Waals surface area contributed by atoms with Crippen LogP contribution < -0.4 is 5.32 Å². The van der Waals surface area contributed by atoms with Crippen LogP contribution in [0.15, 0.2) is 12.4 Å². The summed E-state index contributed by atoms with van der Waals surface area (Å²) in [4.78, 5) is 26.3. The van der Waals surface area contributed by atoms with Crippen LogP contribution in [-0.2, 0) is 18.3 Å². The number of urea groups is 1. The smallest absolute Gasteiger partial charge is 0.309 e. The maximum Gasteiger partial charge on any atom is 0.325 e. The van der Waals surface area contributed by atoms with Gasteiger partial charge in [0.15, 0.2) is 0 Å². The highest BCUT2D eigenvalue weighted by Crippen LogP contribution is 2.39. The molecule has 1 N–H and O–H groups in total. The molecule has 6 nitrogen and oxygen atoms in total. The lowest BCUT2D eigenvalue weighted by molar-refractivity contribution is -0.129. The summed E-state index contributed by atoms with van der Waals surface area (Å²) in [5.41, 5.74) is 0.473. The van der Waals surface area contributed by atoms with Crippen molar-refractivity contribution in [1.82, 2.24) is 20.0 Å². The molecule has 1 aromatic rings. The number of hydrogen-bond donors (Lipinski definition) is 1. The second-order valence-corrected chi connectivity index (χ2v) is 6.42. The first-order valence-electron chi connectivity index (χ1n) is 7.62. The standard InChI is InChI=1S/C15H22N4O2/c1-11-4-3-6-15(8-11)13(20)17-14(21)19(15)7-5-12-9-16-18(2)10-12/h9-11H,3-8H2,1-2H3,(H,17,20,21). The van der Waals surface area contributed by atoms with E-state index >= 15 is 0 Å². The molecule has 0 aromatic carbocycles. The number of nitrogens with zero attached hydrogens (tertiary/aromatic N) is 3. The molecule has 3 amide bonds. The predicted molar refractivity (Wildman–Crippen MR) is 77.5 cm³/mol. The molecule has 6 heteroatoms. The topological polar surface area (TPSA) is 67.2 Å². The van der Waals surface area contributed by atoms with E-state index in [2.05, 4.69) is 17.3 Å². The summed E-state index contributed by atoms with van der Waals surface area (Å²) in [6.07, 6.45) is 8.19. The Morgan fingerprint density at radius 1 is 1.48 bits per heavy atom. The lowest BCUT2D eigenvalue weighted by Gasteiger charge is -2.40. The Morgan fingerprint density at radius 2 is 2.29 bits per heavy atom. The van der Waals surface area contributed by atoms with Gasteiger partial charge in [-0.25, -0.2) is 4.79 Å². The van der Waals surface area contributed by atoms with Crippen LogP contribution in [0, 0.1) is 5.92 Å². The molecule has 1 spiro atoms. The molecule has 2 unspecified atom stereocenters. The van der Waals surface area contributed by atoms with Gasteiger partial charge in [0.1, 0.15) is 5.54 Å². The van der Waals surface area contributed by atoms with Gasteiger partial charge in [-0.05, 0) is 30.7 Å². The summed E-state index contributed by atoms with van der Waals surface area (Å²) in [5, 5.41) is 6.66. The molecule has 1 aromatic heterocycles. The number of imide groups is 1. The minimum atomic E-state index is -0.614. The molecule has 2 atom stereocenters. The van der Waals surface area contributed by atoms with E-state index in [0.717, 1.165) is 37.7 Å². The zero-order valence-corrected chi connectivity index (χ0v) is 12.6. The first-order chi connectivity index (χ1) is 10.0. The lowest BCUT2D eigenvalue weighted by Crippen LogP contribution is -2.53. The number of hydrogen-bond acceptors (Lipinski definition) is 3. The van der Waals surface area contributed by atoms with Gasteiger partial charge in [-0.3, -0.25) is 14.8 Å². The van der Waals surface area contributed by atoms with Crippen LogP contribution in [0.5, 0.6) is 0 Å². The Balaban J connectivity index is 1.77. The maximum absolute atomic E-state index is 12.3. The average molecular weight is 290 g/mol. The van der Waals surface area contributed by atoms with E-state index in [-0.39, 0.29) is 11.9 Å². The van der Waals surface area contributed by atoms with Crippen molar-refractivity contribution in [2.75, 3.05) is 6.54 Å². The van der Waals surface area contributed by atoms with Gasteiger partial charge in [-0.1, -0.05) is 19.8 Å². The average Bonchev–Trinajstić information content (AvgIpc) is 2.92. The van der Waals surface area contributed by atoms with Gasteiger partial charge in [-0.15, -0.1) is 0 Å². The SMILES string of the molecule is CC1CCCC2(C1)C(=O)NC(=O)N2CCc1cnn(C)c1. The molecule has 21 heavy (non-hydrogen) atoms.